The molecule has 5 nitrogen and oxygen atoms in total. The van der Waals surface area contributed by atoms with E-state index in [1.165, 1.54) is 30.9 Å². The van der Waals surface area contributed by atoms with Gasteiger partial charge in [0.05, 0.1) is 11.9 Å². The number of para-hydroxylation sites is 1. The first kappa shape index (κ1) is 22.2. The van der Waals surface area contributed by atoms with E-state index < -0.39 is 11.6 Å². The molecule has 3 aromatic rings. The highest BCUT2D eigenvalue weighted by Crippen LogP contribution is 2.35. The zero-order chi connectivity index (χ0) is 21.5. The smallest absolute Gasteiger partial charge is 0.197 e. The monoisotopic (exact) mass is 433 g/mol. The molecule has 0 bridgehead atoms. The molecule has 160 valence electrons. The van der Waals surface area contributed by atoms with E-state index in [1.54, 1.807) is 31.4 Å². The number of oxazole rings is 1. The van der Waals surface area contributed by atoms with Crippen LogP contribution >= 0.6 is 11.9 Å². The fraction of sp³-hybridized carbons (Fsp3) is 0.364. The van der Waals surface area contributed by atoms with Gasteiger partial charge < -0.3 is 9.15 Å². The van der Waals surface area contributed by atoms with Crippen LogP contribution in [-0.4, -0.2) is 16.2 Å². The fourth-order valence-corrected chi connectivity index (χ4v) is 3.44. The summed E-state index contributed by atoms with van der Waals surface area (Å²) in [6.07, 6.45) is 9.09. The Hall–Kier alpha value is -2.45. The Bertz CT molecular complexity index is 975. The number of hydrogen-bond donors (Lipinski definition) is 1. The van der Waals surface area contributed by atoms with Gasteiger partial charge in [0.15, 0.2) is 17.5 Å². The Balaban J connectivity index is 0.000000806. The van der Waals surface area contributed by atoms with Crippen molar-refractivity contribution in [3.63, 3.8) is 0 Å². The highest BCUT2D eigenvalue weighted by molar-refractivity contribution is 7.96. The van der Waals surface area contributed by atoms with Crippen molar-refractivity contribution in [2.75, 3.05) is 6.26 Å². The highest BCUT2D eigenvalue weighted by Gasteiger charge is 2.22. The largest absolute Gasteiger partial charge is 0.483 e. The lowest BCUT2D eigenvalue weighted by molar-refractivity contribution is 0.287. The van der Waals surface area contributed by atoms with E-state index in [-0.39, 0.29) is 12.4 Å². The van der Waals surface area contributed by atoms with Crippen LogP contribution in [0.1, 0.15) is 48.7 Å². The van der Waals surface area contributed by atoms with Crippen LogP contribution in [0.15, 0.2) is 41.1 Å². The second-order valence-corrected chi connectivity index (χ2v) is 7.59. The lowest BCUT2D eigenvalue weighted by atomic mass is 10.1. The summed E-state index contributed by atoms with van der Waals surface area (Å²) in [6.45, 7) is 1.73. The van der Waals surface area contributed by atoms with Crippen molar-refractivity contribution in [2.45, 2.75) is 45.1 Å². The minimum Gasteiger partial charge on any atom is -0.483 e. The van der Waals surface area contributed by atoms with Crippen molar-refractivity contribution in [2.24, 2.45) is 5.14 Å². The van der Waals surface area contributed by atoms with E-state index in [2.05, 4.69) is 9.97 Å². The van der Waals surface area contributed by atoms with E-state index in [4.69, 9.17) is 14.3 Å². The minimum atomic E-state index is -0.504. The SMILES string of the molecule is CSN.Cc1cc(-c2cccc(F)c2OCc2coc(C3CCCC3)n2)ncc1F. The van der Waals surface area contributed by atoms with Gasteiger partial charge in [-0.2, -0.15) is 0 Å². The van der Waals surface area contributed by atoms with E-state index >= 15 is 0 Å². The van der Waals surface area contributed by atoms with Crippen LogP contribution in [0.3, 0.4) is 0 Å². The second-order valence-electron chi connectivity index (χ2n) is 7.12. The Morgan fingerprint density at radius 3 is 2.67 bits per heavy atom. The number of halogens is 2. The van der Waals surface area contributed by atoms with Gasteiger partial charge in [0.25, 0.3) is 0 Å². The molecule has 1 fully saturated rings. The average Bonchev–Trinajstić information content (AvgIpc) is 3.41. The average molecular weight is 434 g/mol. The van der Waals surface area contributed by atoms with E-state index in [0.29, 0.717) is 28.4 Å². The molecule has 8 heteroatoms. The molecule has 1 aliphatic rings. The quantitative estimate of drug-likeness (QED) is 0.514. The van der Waals surface area contributed by atoms with E-state index in [9.17, 15) is 8.78 Å². The lowest BCUT2D eigenvalue weighted by Gasteiger charge is -2.12. The summed E-state index contributed by atoms with van der Waals surface area (Å²) in [5.41, 5.74) is 1.98. The number of nitrogens with two attached hydrogens (primary N) is 1. The van der Waals surface area contributed by atoms with Gasteiger partial charge in [0.1, 0.15) is 24.4 Å². The number of nitrogens with zero attached hydrogens (tertiary/aromatic N) is 2. The van der Waals surface area contributed by atoms with Crippen LogP contribution in [0, 0.1) is 18.6 Å². The number of hydrogen-bond acceptors (Lipinski definition) is 6. The van der Waals surface area contributed by atoms with Gasteiger partial charge in [-0.05, 0) is 49.8 Å². The van der Waals surface area contributed by atoms with Gasteiger partial charge in [-0.1, -0.05) is 30.9 Å². The third-order valence-corrected chi connectivity index (χ3v) is 4.93. The van der Waals surface area contributed by atoms with Crippen molar-refractivity contribution in [3.05, 3.63) is 65.5 Å². The summed E-state index contributed by atoms with van der Waals surface area (Å²) in [7, 11) is 0. The predicted octanol–water partition coefficient (Wildman–Crippen LogP) is 5.78. The number of rotatable bonds is 5. The molecule has 0 spiro atoms. The molecule has 1 saturated carbocycles. The maximum absolute atomic E-state index is 14.4. The molecule has 1 aliphatic carbocycles. The first-order valence-electron chi connectivity index (χ1n) is 9.74. The number of ether oxygens (including phenoxy) is 1. The molecule has 1 aromatic carbocycles. The van der Waals surface area contributed by atoms with Crippen LogP contribution in [0.25, 0.3) is 11.3 Å². The summed E-state index contributed by atoms with van der Waals surface area (Å²) in [4.78, 5) is 8.55. The Kier molecular flexibility index (Phi) is 7.81. The summed E-state index contributed by atoms with van der Waals surface area (Å²) < 4.78 is 39.2. The molecule has 0 radical (unpaired) electrons. The standard InChI is InChI=1S/C21H20F2N2O2.CH5NS/c1-13-9-19(24-10-18(13)23)16-7-4-8-17(22)20(16)26-11-15-12-27-21(25-15)14-5-2-3-6-14;1-3-2/h4,7-10,12,14H,2-3,5-6,11H2,1H3;2H2,1H3. The van der Waals surface area contributed by atoms with Gasteiger partial charge in [0, 0.05) is 11.5 Å². The first-order valence-corrected chi connectivity index (χ1v) is 11.0. The molecule has 0 atom stereocenters. The molecule has 0 saturated heterocycles. The molecule has 30 heavy (non-hydrogen) atoms. The van der Waals surface area contributed by atoms with Crippen molar-refractivity contribution in [1.82, 2.24) is 9.97 Å². The Labute approximate surface area is 179 Å². The predicted molar refractivity (Wildman–Crippen MR) is 114 cm³/mol. The molecular formula is C22H25F2N3O2S. The Morgan fingerprint density at radius 2 is 1.97 bits per heavy atom. The summed E-state index contributed by atoms with van der Waals surface area (Å²) in [5, 5.41) is 4.76. The topological polar surface area (TPSA) is 74.2 Å². The molecule has 0 unspecified atom stereocenters. The normalized spacial score (nSPS) is 13.8. The molecule has 2 N–H and O–H groups in total. The van der Waals surface area contributed by atoms with Crippen molar-refractivity contribution >= 4 is 11.9 Å². The number of benzene rings is 1. The van der Waals surface area contributed by atoms with Crippen molar-refractivity contribution in [1.29, 1.82) is 0 Å². The van der Waals surface area contributed by atoms with Gasteiger partial charge >= 0.3 is 0 Å². The first-order chi connectivity index (χ1) is 14.5. The number of pyridine rings is 1. The van der Waals surface area contributed by atoms with Crippen LogP contribution < -0.4 is 9.88 Å². The van der Waals surface area contributed by atoms with Crippen LogP contribution in [0.2, 0.25) is 0 Å². The van der Waals surface area contributed by atoms with Crippen LogP contribution in [-0.2, 0) is 6.61 Å². The molecule has 0 amide bonds. The second kappa shape index (κ2) is 10.5. The summed E-state index contributed by atoms with van der Waals surface area (Å²) in [5.74, 6) is 0.265. The molecule has 4 rings (SSSR count). The lowest BCUT2D eigenvalue weighted by Crippen LogP contribution is -2.01. The minimum absolute atomic E-state index is 0.0708. The van der Waals surface area contributed by atoms with Gasteiger partial charge in [-0.25, -0.2) is 13.8 Å². The maximum Gasteiger partial charge on any atom is 0.197 e. The molecule has 0 aliphatic heterocycles. The zero-order valence-electron chi connectivity index (χ0n) is 17.0. The van der Waals surface area contributed by atoms with Crippen LogP contribution in [0.4, 0.5) is 8.78 Å². The van der Waals surface area contributed by atoms with Gasteiger partial charge in [0.2, 0.25) is 0 Å². The van der Waals surface area contributed by atoms with E-state index in [0.717, 1.165) is 24.9 Å². The van der Waals surface area contributed by atoms with Crippen LogP contribution in [0.5, 0.6) is 5.75 Å². The fourth-order valence-electron chi connectivity index (χ4n) is 3.44. The maximum atomic E-state index is 14.4. The van der Waals surface area contributed by atoms with Gasteiger partial charge in [-0.15, -0.1) is 0 Å². The highest BCUT2D eigenvalue weighted by atomic mass is 32.2. The van der Waals surface area contributed by atoms with Gasteiger partial charge in [-0.3, -0.25) is 10.1 Å². The number of aryl methyl sites for hydroxylation is 1. The molecule has 2 heterocycles. The summed E-state index contributed by atoms with van der Waals surface area (Å²) in [6, 6.07) is 6.17. The molecular weight excluding hydrogens is 408 g/mol. The summed E-state index contributed by atoms with van der Waals surface area (Å²) >= 11 is 1.25. The number of aromatic nitrogens is 2. The molecule has 2 aromatic heterocycles. The van der Waals surface area contributed by atoms with Crippen molar-refractivity contribution < 1.29 is 17.9 Å². The third kappa shape index (κ3) is 5.37. The third-order valence-electron chi connectivity index (χ3n) is 4.93. The van der Waals surface area contributed by atoms with E-state index in [1.807, 2.05) is 6.26 Å². The van der Waals surface area contributed by atoms with Crippen molar-refractivity contribution in [3.8, 4) is 17.0 Å². The Morgan fingerprint density at radius 1 is 1.23 bits per heavy atom. The zero-order valence-corrected chi connectivity index (χ0v) is 17.8.